The predicted octanol–water partition coefficient (Wildman–Crippen LogP) is 6.17. The first kappa shape index (κ1) is 25.9. The van der Waals surface area contributed by atoms with Gasteiger partial charge in [0.25, 0.3) is 5.91 Å². The maximum absolute atomic E-state index is 13.6. The SMILES string of the molecule is COc1nc(C)cc(C)c1CN1CCc2sc(CC3CCC(NCc4ccccc4)CC3)c(C)c2C1=O. The Bertz CT molecular complexity index is 1250. The first-order chi connectivity index (χ1) is 17.9. The number of nitrogens with one attached hydrogen (secondary N) is 1. The molecule has 0 unspecified atom stereocenters. The van der Waals surface area contributed by atoms with Gasteiger partial charge in [0.2, 0.25) is 5.88 Å². The van der Waals surface area contributed by atoms with E-state index >= 15 is 0 Å². The topological polar surface area (TPSA) is 54.5 Å². The van der Waals surface area contributed by atoms with Crippen LogP contribution in [0.1, 0.15) is 73.7 Å². The smallest absolute Gasteiger partial charge is 0.255 e. The summed E-state index contributed by atoms with van der Waals surface area (Å²) in [5, 5.41) is 3.76. The average molecular weight is 518 g/mol. The third kappa shape index (κ3) is 5.75. The molecular formula is C31H39N3O2S. The van der Waals surface area contributed by atoms with E-state index in [2.05, 4.69) is 60.5 Å². The van der Waals surface area contributed by atoms with E-state index in [0.29, 0.717) is 24.4 Å². The van der Waals surface area contributed by atoms with E-state index in [4.69, 9.17) is 4.74 Å². The Morgan fingerprint density at radius 1 is 1.11 bits per heavy atom. The average Bonchev–Trinajstić information content (AvgIpc) is 3.22. The van der Waals surface area contributed by atoms with Gasteiger partial charge < -0.3 is 15.0 Å². The third-order valence-corrected chi connectivity index (χ3v) is 9.54. The van der Waals surface area contributed by atoms with Crippen molar-refractivity contribution in [2.45, 2.75) is 78.4 Å². The number of hydrogen-bond acceptors (Lipinski definition) is 5. The molecule has 1 N–H and O–H groups in total. The molecule has 2 aromatic heterocycles. The van der Waals surface area contributed by atoms with E-state index in [1.54, 1.807) is 7.11 Å². The van der Waals surface area contributed by atoms with Crippen LogP contribution in [0, 0.1) is 26.7 Å². The van der Waals surface area contributed by atoms with E-state index in [9.17, 15) is 4.79 Å². The van der Waals surface area contributed by atoms with Gasteiger partial charge >= 0.3 is 0 Å². The Balaban J connectivity index is 1.20. The molecule has 0 saturated heterocycles. The highest BCUT2D eigenvalue weighted by atomic mass is 32.1. The normalized spacial score (nSPS) is 19.7. The lowest BCUT2D eigenvalue weighted by Gasteiger charge is -2.29. The second kappa shape index (κ2) is 11.4. The van der Waals surface area contributed by atoms with Crippen LogP contribution in [0.2, 0.25) is 0 Å². The lowest BCUT2D eigenvalue weighted by molar-refractivity contribution is 0.0726. The zero-order valence-electron chi connectivity index (χ0n) is 22.6. The van der Waals surface area contributed by atoms with Gasteiger partial charge in [-0.15, -0.1) is 11.3 Å². The third-order valence-electron chi connectivity index (χ3n) is 8.17. The quantitative estimate of drug-likeness (QED) is 0.388. The van der Waals surface area contributed by atoms with Crippen molar-refractivity contribution in [2.24, 2.45) is 5.92 Å². The number of aromatic nitrogens is 1. The molecule has 3 aromatic rings. The molecule has 6 heteroatoms. The van der Waals surface area contributed by atoms with Gasteiger partial charge in [-0.3, -0.25) is 4.79 Å². The van der Waals surface area contributed by atoms with Crippen molar-refractivity contribution in [3.05, 3.63) is 79.7 Å². The number of carbonyl (C=O) groups is 1. The Labute approximate surface area is 225 Å². The standard InChI is InChI=1S/C31H39N3O2S/c1-20-16-21(2)33-30(36-4)26(20)19-34-15-14-27-29(31(34)35)22(3)28(37-27)17-23-10-12-25(13-11-23)32-18-24-8-6-5-7-9-24/h5-9,16,23,25,32H,10-15,17-19H2,1-4H3. The highest BCUT2D eigenvalue weighted by Crippen LogP contribution is 2.37. The largest absolute Gasteiger partial charge is 0.481 e. The predicted molar refractivity (Wildman–Crippen MR) is 150 cm³/mol. The van der Waals surface area contributed by atoms with Crippen molar-refractivity contribution in [2.75, 3.05) is 13.7 Å². The number of carbonyl (C=O) groups excluding carboxylic acids is 1. The van der Waals surface area contributed by atoms with Crippen LogP contribution in [-0.2, 0) is 25.9 Å². The van der Waals surface area contributed by atoms with Gasteiger partial charge in [0.15, 0.2) is 0 Å². The van der Waals surface area contributed by atoms with Crippen LogP contribution in [0.3, 0.4) is 0 Å². The summed E-state index contributed by atoms with van der Waals surface area (Å²) in [7, 11) is 1.66. The number of methoxy groups -OCH3 is 1. The summed E-state index contributed by atoms with van der Waals surface area (Å²) in [5.74, 6) is 1.51. The Hall–Kier alpha value is -2.70. The summed E-state index contributed by atoms with van der Waals surface area (Å²) in [4.78, 5) is 22.8. The lowest BCUT2D eigenvalue weighted by Crippen LogP contribution is -2.37. The molecule has 37 heavy (non-hydrogen) atoms. The van der Waals surface area contributed by atoms with Crippen molar-refractivity contribution >= 4 is 17.2 Å². The summed E-state index contributed by atoms with van der Waals surface area (Å²) in [6, 6.07) is 13.4. The minimum atomic E-state index is 0.164. The highest BCUT2D eigenvalue weighted by molar-refractivity contribution is 7.12. The van der Waals surface area contributed by atoms with Gasteiger partial charge in [-0.25, -0.2) is 4.98 Å². The molecule has 0 spiro atoms. The van der Waals surface area contributed by atoms with Crippen LogP contribution in [0.4, 0.5) is 0 Å². The van der Waals surface area contributed by atoms with E-state index in [-0.39, 0.29) is 5.91 Å². The minimum Gasteiger partial charge on any atom is -0.481 e. The fourth-order valence-electron chi connectivity index (χ4n) is 5.99. The number of benzene rings is 1. The number of rotatable bonds is 8. The molecule has 0 radical (unpaired) electrons. The Morgan fingerprint density at radius 2 is 1.86 bits per heavy atom. The van der Waals surface area contributed by atoms with Crippen LogP contribution < -0.4 is 10.1 Å². The van der Waals surface area contributed by atoms with Crippen LogP contribution in [0.15, 0.2) is 36.4 Å². The molecule has 1 aliphatic carbocycles. The maximum Gasteiger partial charge on any atom is 0.255 e. The van der Waals surface area contributed by atoms with Crippen molar-refractivity contribution in [1.82, 2.24) is 15.2 Å². The van der Waals surface area contributed by atoms with E-state index < -0.39 is 0 Å². The number of aryl methyl sites for hydroxylation is 2. The van der Waals surface area contributed by atoms with E-state index in [1.165, 1.54) is 46.6 Å². The van der Waals surface area contributed by atoms with Crippen LogP contribution >= 0.6 is 11.3 Å². The molecule has 196 valence electrons. The Morgan fingerprint density at radius 3 is 2.59 bits per heavy atom. The molecular weight excluding hydrogens is 478 g/mol. The lowest BCUT2D eigenvalue weighted by atomic mass is 9.83. The molecule has 5 rings (SSSR count). The molecule has 0 bridgehead atoms. The number of nitrogens with zero attached hydrogens (tertiary/aromatic N) is 2. The first-order valence-corrected chi connectivity index (χ1v) is 14.4. The van der Waals surface area contributed by atoms with Crippen molar-refractivity contribution < 1.29 is 9.53 Å². The number of amides is 1. The van der Waals surface area contributed by atoms with Gasteiger partial charge in [0, 0.05) is 46.6 Å². The summed E-state index contributed by atoms with van der Waals surface area (Å²) in [6.45, 7) is 8.47. The molecule has 3 heterocycles. The Kier molecular flexibility index (Phi) is 7.96. The number of hydrogen-bond donors (Lipinski definition) is 1. The summed E-state index contributed by atoms with van der Waals surface area (Å²) < 4.78 is 5.56. The molecule has 1 fully saturated rings. The maximum atomic E-state index is 13.6. The number of fused-ring (bicyclic) bond motifs is 1. The first-order valence-electron chi connectivity index (χ1n) is 13.6. The van der Waals surface area contributed by atoms with Gasteiger partial charge in [-0.1, -0.05) is 30.3 Å². The zero-order chi connectivity index (χ0) is 25.9. The molecule has 1 amide bonds. The van der Waals surface area contributed by atoms with Crippen LogP contribution in [0.25, 0.3) is 0 Å². The molecule has 2 aliphatic rings. The second-order valence-electron chi connectivity index (χ2n) is 10.8. The zero-order valence-corrected chi connectivity index (χ0v) is 23.4. The summed E-state index contributed by atoms with van der Waals surface area (Å²) in [5.41, 5.74) is 6.60. The number of ether oxygens (including phenoxy) is 1. The highest BCUT2D eigenvalue weighted by Gasteiger charge is 2.32. The molecule has 1 aliphatic heterocycles. The summed E-state index contributed by atoms with van der Waals surface area (Å²) >= 11 is 1.89. The van der Waals surface area contributed by atoms with Crippen molar-refractivity contribution in [3.8, 4) is 5.88 Å². The fraction of sp³-hybridized carbons (Fsp3) is 0.484. The molecule has 0 atom stereocenters. The van der Waals surface area contributed by atoms with Crippen LogP contribution in [-0.4, -0.2) is 35.5 Å². The second-order valence-corrected chi connectivity index (χ2v) is 12.0. The monoisotopic (exact) mass is 517 g/mol. The van der Waals surface area contributed by atoms with Gasteiger partial charge in [0.05, 0.1) is 19.2 Å². The minimum absolute atomic E-state index is 0.164. The number of pyridine rings is 1. The van der Waals surface area contributed by atoms with Gasteiger partial charge in [-0.05, 0) is 81.5 Å². The van der Waals surface area contributed by atoms with E-state index in [1.807, 2.05) is 23.2 Å². The molecule has 5 nitrogen and oxygen atoms in total. The van der Waals surface area contributed by atoms with Crippen molar-refractivity contribution in [1.29, 1.82) is 0 Å². The van der Waals surface area contributed by atoms with E-state index in [0.717, 1.165) is 48.3 Å². The molecule has 1 aromatic carbocycles. The molecule has 1 saturated carbocycles. The summed E-state index contributed by atoms with van der Waals surface area (Å²) in [6.07, 6.45) is 7.03. The van der Waals surface area contributed by atoms with Gasteiger partial charge in [0.1, 0.15) is 0 Å². The fourth-order valence-corrected chi connectivity index (χ4v) is 7.40. The van der Waals surface area contributed by atoms with Crippen molar-refractivity contribution in [3.63, 3.8) is 0 Å². The van der Waals surface area contributed by atoms with Crippen LogP contribution in [0.5, 0.6) is 5.88 Å². The number of thiophene rings is 1. The van der Waals surface area contributed by atoms with Gasteiger partial charge in [-0.2, -0.15) is 0 Å².